The Morgan fingerprint density at radius 2 is 1.96 bits per heavy atom. The third kappa shape index (κ3) is 3.45. The molecule has 8 heteroatoms. The van der Waals surface area contributed by atoms with Gasteiger partial charge < -0.3 is 9.73 Å². The maximum atomic E-state index is 12.6. The Balaban J connectivity index is 1.58. The van der Waals surface area contributed by atoms with Gasteiger partial charge in [-0.3, -0.25) is 4.79 Å². The molecule has 1 amide bonds. The van der Waals surface area contributed by atoms with Crippen LogP contribution in [0.25, 0.3) is 11.1 Å². The Labute approximate surface area is 157 Å². The number of amides is 1. The molecule has 1 aromatic heterocycles. The normalized spacial score (nSPS) is 14.6. The lowest BCUT2D eigenvalue weighted by Gasteiger charge is -2.12. The molecule has 0 radical (unpaired) electrons. The van der Waals surface area contributed by atoms with Crippen molar-refractivity contribution < 1.29 is 17.6 Å². The van der Waals surface area contributed by atoms with E-state index in [1.165, 1.54) is 26.2 Å². The molecule has 1 aliphatic rings. The van der Waals surface area contributed by atoms with Crippen LogP contribution < -0.4 is 5.32 Å². The van der Waals surface area contributed by atoms with Gasteiger partial charge in [-0.15, -0.1) is 0 Å². The zero-order chi connectivity index (χ0) is 19.2. The highest BCUT2D eigenvalue weighted by Crippen LogP contribution is 2.40. The molecule has 27 heavy (non-hydrogen) atoms. The minimum absolute atomic E-state index is 0.0705. The number of nitrogens with one attached hydrogen (secondary N) is 1. The lowest BCUT2D eigenvalue weighted by atomic mass is 10.2. The first-order valence-electron chi connectivity index (χ1n) is 8.59. The highest BCUT2D eigenvalue weighted by atomic mass is 32.2. The fourth-order valence-electron chi connectivity index (χ4n) is 2.74. The van der Waals surface area contributed by atoms with Crippen molar-refractivity contribution in [2.75, 3.05) is 19.4 Å². The molecule has 0 aliphatic heterocycles. The van der Waals surface area contributed by atoms with Crippen LogP contribution in [0.2, 0.25) is 0 Å². The topological polar surface area (TPSA) is 92.5 Å². The molecule has 0 atom stereocenters. The number of rotatable bonds is 5. The third-order valence-corrected chi connectivity index (χ3v) is 6.27. The molecule has 0 unspecified atom stereocenters. The molecule has 140 valence electrons. The number of anilines is 1. The van der Waals surface area contributed by atoms with Crippen LogP contribution in [0.5, 0.6) is 0 Å². The van der Waals surface area contributed by atoms with E-state index < -0.39 is 15.9 Å². The maximum Gasteiger partial charge on any atom is 0.255 e. The van der Waals surface area contributed by atoms with Gasteiger partial charge in [0.05, 0.1) is 4.90 Å². The number of nitrogens with zero attached hydrogens (tertiary/aromatic N) is 2. The Morgan fingerprint density at radius 3 is 2.67 bits per heavy atom. The average Bonchev–Trinajstić information content (AvgIpc) is 3.41. The number of sulfonamides is 1. The van der Waals surface area contributed by atoms with E-state index in [0.29, 0.717) is 22.7 Å². The summed E-state index contributed by atoms with van der Waals surface area (Å²) in [5.41, 5.74) is 2.22. The van der Waals surface area contributed by atoms with Crippen LogP contribution in [0.3, 0.4) is 0 Å². The van der Waals surface area contributed by atoms with Crippen LogP contribution in [-0.4, -0.2) is 37.7 Å². The highest BCUT2D eigenvalue weighted by Gasteiger charge is 2.29. The number of benzene rings is 2. The van der Waals surface area contributed by atoms with Gasteiger partial charge in [-0.1, -0.05) is 6.07 Å². The fraction of sp³-hybridized carbons (Fsp3) is 0.263. The van der Waals surface area contributed by atoms with E-state index >= 15 is 0 Å². The summed E-state index contributed by atoms with van der Waals surface area (Å²) < 4.78 is 31.3. The Bertz CT molecular complexity index is 1130. The van der Waals surface area contributed by atoms with Gasteiger partial charge in [0.25, 0.3) is 5.91 Å². The van der Waals surface area contributed by atoms with Crippen molar-refractivity contribution in [2.45, 2.75) is 23.7 Å². The van der Waals surface area contributed by atoms with Crippen molar-refractivity contribution >= 4 is 32.7 Å². The van der Waals surface area contributed by atoms with Crippen molar-refractivity contribution in [1.82, 2.24) is 9.29 Å². The Morgan fingerprint density at radius 1 is 1.19 bits per heavy atom. The molecule has 1 N–H and O–H groups in total. The number of hydrogen-bond donors (Lipinski definition) is 1. The Hall–Kier alpha value is -2.71. The van der Waals surface area contributed by atoms with Gasteiger partial charge in [-0.2, -0.15) is 0 Å². The first-order chi connectivity index (χ1) is 12.8. The van der Waals surface area contributed by atoms with Crippen LogP contribution >= 0.6 is 0 Å². The van der Waals surface area contributed by atoms with Crippen LogP contribution in [0, 0.1) is 0 Å². The van der Waals surface area contributed by atoms with Gasteiger partial charge in [-0.05, 0) is 49.2 Å². The molecule has 4 rings (SSSR count). The lowest BCUT2D eigenvalue weighted by Crippen LogP contribution is -2.22. The van der Waals surface area contributed by atoms with E-state index in [1.54, 1.807) is 30.3 Å². The molecule has 7 nitrogen and oxygen atoms in total. The zero-order valence-electron chi connectivity index (χ0n) is 15.0. The van der Waals surface area contributed by atoms with E-state index in [0.717, 1.165) is 23.0 Å². The smallest absolute Gasteiger partial charge is 0.255 e. The summed E-state index contributed by atoms with van der Waals surface area (Å²) in [6.45, 7) is 0. The van der Waals surface area contributed by atoms with Crippen LogP contribution in [-0.2, 0) is 10.0 Å². The number of oxazole rings is 1. The summed E-state index contributed by atoms with van der Waals surface area (Å²) in [6, 6.07) is 11.2. The number of carbonyl (C=O) groups excluding carboxylic acids is 1. The van der Waals surface area contributed by atoms with Crippen LogP contribution in [0.15, 0.2) is 51.8 Å². The molecule has 1 aliphatic carbocycles. The number of fused-ring (bicyclic) bond motifs is 1. The average molecular weight is 385 g/mol. The van der Waals surface area contributed by atoms with Crippen molar-refractivity contribution in [3.05, 3.63) is 53.9 Å². The largest absolute Gasteiger partial charge is 0.440 e. The summed E-state index contributed by atoms with van der Waals surface area (Å²) >= 11 is 0. The summed E-state index contributed by atoms with van der Waals surface area (Å²) in [7, 11) is -0.704. The van der Waals surface area contributed by atoms with Crippen molar-refractivity contribution in [3.8, 4) is 0 Å². The Kier molecular flexibility index (Phi) is 4.24. The molecule has 0 bridgehead atoms. The van der Waals surface area contributed by atoms with E-state index in [4.69, 9.17) is 4.42 Å². The van der Waals surface area contributed by atoms with Gasteiger partial charge in [0.15, 0.2) is 11.5 Å². The number of carbonyl (C=O) groups is 1. The quantitative estimate of drug-likeness (QED) is 0.728. The first kappa shape index (κ1) is 17.7. The SMILES string of the molecule is CN(C)S(=O)(=O)c1cccc(C(=O)Nc2ccc3oc(C4CC4)nc3c2)c1. The van der Waals surface area contributed by atoms with E-state index in [2.05, 4.69) is 10.3 Å². The lowest BCUT2D eigenvalue weighted by molar-refractivity contribution is 0.102. The molecule has 1 heterocycles. The highest BCUT2D eigenvalue weighted by molar-refractivity contribution is 7.89. The molecular formula is C19H19N3O4S. The number of hydrogen-bond acceptors (Lipinski definition) is 5. The van der Waals surface area contributed by atoms with E-state index in [1.807, 2.05) is 0 Å². The minimum Gasteiger partial charge on any atom is -0.440 e. The molecule has 1 fully saturated rings. The molecule has 2 aromatic carbocycles. The van der Waals surface area contributed by atoms with Gasteiger partial charge in [0.2, 0.25) is 10.0 Å². The molecule has 0 saturated heterocycles. The van der Waals surface area contributed by atoms with Gasteiger partial charge in [0, 0.05) is 31.3 Å². The summed E-state index contributed by atoms with van der Waals surface area (Å²) in [5.74, 6) is 0.767. The van der Waals surface area contributed by atoms with Crippen molar-refractivity contribution in [3.63, 3.8) is 0 Å². The predicted molar refractivity (Wildman–Crippen MR) is 101 cm³/mol. The fourth-order valence-corrected chi connectivity index (χ4v) is 3.69. The van der Waals surface area contributed by atoms with Crippen LogP contribution in [0.1, 0.15) is 35.0 Å². The molecule has 3 aromatic rings. The summed E-state index contributed by atoms with van der Waals surface area (Å²) in [4.78, 5) is 17.1. The van der Waals surface area contributed by atoms with E-state index in [-0.39, 0.29) is 10.5 Å². The van der Waals surface area contributed by atoms with Gasteiger partial charge in [-0.25, -0.2) is 17.7 Å². The minimum atomic E-state index is -3.60. The van der Waals surface area contributed by atoms with E-state index in [9.17, 15) is 13.2 Å². The predicted octanol–water partition coefficient (Wildman–Crippen LogP) is 3.21. The van der Waals surface area contributed by atoms with Crippen molar-refractivity contribution in [2.24, 2.45) is 0 Å². The van der Waals surface area contributed by atoms with Crippen LogP contribution in [0.4, 0.5) is 5.69 Å². The third-order valence-electron chi connectivity index (χ3n) is 4.46. The second-order valence-corrected chi connectivity index (χ2v) is 8.93. The van der Waals surface area contributed by atoms with Gasteiger partial charge >= 0.3 is 0 Å². The second kappa shape index (κ2) is 6.47. The standard InChI is InChI=1S/C19H19N3O4S/c1-22(2)27(24,25)15-5-3-4-13(10-15)18(23)20-14-8-9-17-16(11-14)21-19(26-17)12-6-7-12/h3-5,8-12H,6-7H2,1-2H3,(H,20,23). The molecular weight excluding hydrogens is 366 g/mol. The second-order valence-electron chi connectivity index (χ2n) is 6.78. The van der Waals surface area contributed by atoms with Crippen molar-refractivity contribution in [1.29, 1.82) is 0 Å². The first-order valence-corrected chi connectivity index (χ1v) is 10.0. The summed E-state index contributed by atoms with van der Waals surface area (Å²) in [5, 5.41) is 2.78. The number of aromatic nitrogens is 1. The maximum absolute atomic E-state index is 12.6. The molecule has 0 spiro atoms. The molecule has 1 saturated carbocycles. The monoisotopic (exact) mass is 385 g/mol. The summed E-state index contributed by atoms with van der Waals surface area (Å²) in [6.07, 6.45) is 2.20. The van der Waals surface area contributed by atoms with Gasteiger partial charge in [0.1, 0.15) is 5.52 Å². The zero-order valence-corrected chi connectivity index (χ0v) is 15.8.